The third-order valence-corrected chi connectivity index (χ3v) is 6.06. The highest BCUT2D eigenvalue weighted by atomic mass is 127. The number of aromatic nitrogens is 2. The molecule has 0 aliphatic heterocycles. The molecule has 5 rings (SSSR count). The number of hydrogen-bond donors (Lipinski definition) is 1. The number of rotatable bonds is 1. The summed E-state index contributed by atoms with van der Waals surface area (Å²) in [6.07, 6.45) is 9.77. The Kier molecular flexibility index (Phi) is 2.42. The van der Waals surface area contributed by atoms with Crippen LogP contribution in [0.5, 0.6) is 0 Å². The van der Waals surface area contributed by atoms with Gasteiger partial charge in [-0.3, -0.25) is 4.79 Å². The van der Waals surface area contributed by atoms with Crippen molar-refractivity contribution in [1.29, 1.82) is 0 Å². The monoisotopic (exact) mass is 356 g/mol. The van der Waals surface area contributed by atoms with E-state index < -0.39 is 0 Å². The van der Waals surface area contributed by atoms with Crippen LogP contribution in [-0.2, 0) is 5.41 Å². The second-order valence-electron chi connectivity index (χ2n) is 6.61. The molecule has 1 heterocycles. The van der Waals surface area contributed by atoms with Crippen LogP contribution in [0.1, 0.15) is 44.3 Å². The quantitative estimate of drug-likeness (QED) is 0.787. The summed E-state index contributed by atoms with van der Waals surface area (Å²) >= 11 is 2.05. The van der Waals surface area contributed by atoms with Crippen LogP contribution in [0.3, 0.4) is 0 Å². The van der Waals surface area contributed by atoms with Gasteiger partial charge in [0.05, 0.1) is 3.57 Å². The van der Waals surface area contributed by atoms with Crippen molar-refractivity contribution in [2.75, 3.05) is 0 Å². The fourth-order valence-corrected chi connectivity index (χ4v) is 5.32. The highest BCUT2D eigenvalue weighted by Gasteiger charge is 2.52. The van der Waals surface area contributed by atoms with Crippen LogP contribution in [0.15, 0.2) is 11.0 Å². The van der Waals surface area contributed by atoms with E-state index in [0.29, 0.717) is 3.57 Å². The van der Waals surface area contributed by atoms with Crippen molar-refractivity contribution in [1.82, 2.24) is 9.97 Å². The van der Waals surface area contributed by atoms with E-state index in [1.165, 1.54) is 38.5 Å². The van der Waals surface area contributed by atoms with E-state index in [-0.39, 0.29) is 11.0 Å². The van der Waals surface area contributed by atoms with Crippen molar-refractivity contribution < 1.29 is 0 Å². The normalized spacial score (nSPS) is 41.3. The lowest BCUT2D eigenvalue weighted by atomic mass is 9.49. The van der Waals surface area contributed by atoms with Crippen molar-refractivity contribution in [3.8, 4) is 0 Å². The maximum atomic E-state index is 11.8. The molecule has 4 saturated carbocycles. The van der Waals surface area contributed by atoms with E-state index in [0.717, 1.165) is 23.6 Å². The van der Waals surface area contributed by atoms with Crippen molar-refractivity contribution in [2.45, 2.75) is 43.9 Å². The Labute approximate surface area is 120 Å². The summed E-state index contributed by atoms with van der Waals surface area (Å²) in [5.74, 6) is 3.65. The lowest BCUT2D eigenvalue weighted by Crippen LogP contribution is -2.49. The van der Waals surface area contributed by atoms with Gasteiger partial charge in [0, 0.05) is 11.6 Å². The fraction of sp³-hybridized carbons (Fsp3) is 0.714. The molecule has 4 aliphatic rings. The zero-order chi connectivity index (χ0) is 12.3. The molecular weight excluding hydrogens is 339 g/mol. The molecule has 0 atom stereocenters. The summed E-state index contributed by atoms with van der Waals surface area (Å²) in [5.41, 5.74) is 0.245. The zero-order valence-electron chi connectivity index (χ0n) is 10.3. The topological polar surface area (TPSA) is 45.8 Å². The Morgan fingerprint density at radius 1 is 1.17 bits per heavy atom. The first-order valence-electron chi connectivity index (χ1n) is 6.90. The Morgan fingerprint density at radius 3 is 2.22 bits per heavy atom. The van der Waals surface area contributed by atoms with Gasteiger partial charge in [-0.05, 0) is 78.9 Å². The largest absolute Gasteiger partial charge is 0.309 e. The molecule has 18 heavy (non-hydrogen) atoms. The Bertz CT molecular complexity index is 516. The van der Waals surface area contributed by atoms with Gasteiger partial charge < -0.3 is 4.98 Å². The van der Waals surface area contributed by atoms with Gasteiger partial charge in [0.25, 0.3) is 5.56 Å². The van der Waals surface area contributed by atoms with E-state index in [2.05, 4.69) is 32.6 Å². The average Bonchev–Trinajstić information content (AvgIpc) is 2.31. The van der Waals surface area contributed by atoms with Crippen LogP contribution in [-0.4, -0.2) is 9.97 Å². The first-order chi connectivity index (χ1) is 8.64. The lowest BCUT2D eigenvalue weighted by molar-refractivity contribution is -0.00953. The molecule has 1 N–H and O–H groups in total. The molecule has 0 radical (unpaired) electrons. The van der Waals surface area contributed by atoms with Crippen molar-refractivity contribution in [3.05, 3.63) is 25.9 Å². The number of nitrogens with zero attached hydrogens (tertiary/aromatic N) is 1. The molecule has 0 amide bonds. The number of aromatic amines is 1. The molecule has 3 nitrogen and oxygen atoms in total. The summed E-state index contributed by atoms with van der Waals surface area (Å²) < 4.78 is 0.695. The minimum atomic E-state index is 0.0383. The van der Waals surface area contributed by atoms with Crippen LogP contribution in [0.4, 0.5) is 0 Å². The van der Waals surface area contributed by atoms with Gasteiger partial charge in [-0.15, -0.1) is 0 Å². The molecule has 0 spiro atoms. The van der Waals surface area contributed by atoms with Crippen molar-refractivity contribution in [2.24, 2.45) is 17.8 Å². The molecule has 4 aliphatic carbocycles. The zero-order valence-corrected chi connectivity index (χ0v) is 12.4. The van der Waals surface area contributed by atoms with E-state index in [1.807, 2.05) is 0 Å². The molecule has 0 aromatic carbocycles. The number of H-pyrrole nitrogens is 1. The standard InChI is InChI=1S/C14H17IN2O/c15-11-7-16-13(17-12(11)18)14-4-8-1-9(5-14)3-10(2-8)6-14/h7-10H,1-6H2,(H,16,17,18). The van der Waals surface area contributed by atoms with Gasteiger partial charge in [-0.25, -0.2) is 4.98 Å². The highest BCUT2D eigenvalue weighted by Crippen LogP contribution is 2.59. The third kappa shape index (κ3) is 1.60. The minimum absolute atomic E-state index is 0.0383. The molecule has 4 heteroatoms. The third-order valence-electron chi connectivity index (χ3n) is 5.30. The first-order valence-corrected chi connectivity index (χ1v) is 7.98. The predicted molar refractivity (Wildman–Crippen MR) is 77.4 cm³/mol. The summed E-state index contributed by atoms with van der Waals surface area (Å²) in [5, 5.41) is 0. The minimum Gasteiger partial charge on any atom is -0.309 e. The van der Waals surface area contributed by atoms with E-state index in [1.54, 1.807) is 6.20 Å². The summed E-state index contributed by atoms with van der Waals surface area (Å²) in [6.45, 7) is 0. The molecule has 0 saturated heterocycles. The lowest BCUT2D eigenvalue weighted by Gasteiger charge is -2.56. The Morgan fingerprint density at radius 2 is 1.72 bits per heavy atom. The highest BCUT2D eigenvalue weighted by molar-refractivity contribution is 14.1. The maximum absolute atomic E-state index is 11.8. The number of halogens is 1. The van der Waals surface area contributed by atoms with E-state index in [9.17, 15) is 4.79 Å². The van der Waals surface area contributed by atoms with Gasteiger partial charge in [-0.2, -0.15) is 0 Å². The Hall–Kier alpha value is -0.390. The van der Waals surface area contributed by atoms with Gasteiger partial charge >= 0.3 is 0 Å². The van der Waals surface area contributed by atoms with Crippen LogP contribution in [0.2, 0.25) is 0 Å². The van der Waals surface area contributed by atoms with Crippen molar-refractivity contribution in [3.63, 3.8) is 0 Å². The van der Waals surface area contributed by atoms with Gasteiger partial charge in [0.15, 0.2) is 0 Å². The van der Waals surface area contributed by atoms with Crippen molar-refractivity contribution >= 4 is 22.6 Å². The predicted octanol–water partition coefficient (Wildman–Crippen LogP) is 2.84. The van der Waals surface area contributed by atoms with Crippen LogP contribution in [0.25, 0.3) is 0 Å². The smallest absolute Gasteiger partial charge is 0.264 e. The maximum Gasteiger partial charge on any atom is 0.264 e. The number of hydrogen-bond acceptors (Lipinski definition) is 2. The summed E-state index contributed by atoms with van der Waals surface area (Å²) in [6, 6.07) is 0. The number of nitrogens with one attached hydrogen (secondary N) is 1. The van der Waals surface area contributed by atoms with E-state index >= 15 is 0 Å². The molecule has 4 fully saturated rings. The average molecular weight is 356 g/mol. The van der Waals surface area contributed by atoms with Crippen LogP contribution < -0.4 is 5.56 Å². The van der Waals surface area contributed by atoms with E-state index in [4.69, 9.17) is 0 Å². The molecule has 1 aromatic rings. The molecule has 4 bridgehead atoms. The molecule has 96 valence electrons. The van der Waals surface area contributed by atoms with Gasteiger partial charge in [0.1, 0.15) is 5.82 Å². The molecule has 1 aromatic heterocycles. The second kappa shape index (κ2) is 3.81. The van der Waals surface area contributed by atoms with Crippen LogP contribution >= 0.6 is 22.6 Å². The summed E-state index contributed by atoms with van der Waals surface area (Å²) in [7, 11) is 0. The SMILES string of the molecule is O=c1[nH]c(C23CC4CC(CC(C4)C2)C3)ncc1I. The van der Waals surface area contributed by atoms with Gasteiger partial charge in [0.2, 0.25) is 0 Å². The summed E-state index contributed by atoms with van der Waals surface area (Å²) in [4.78, 5) is 19.5. The van der Waals surface area contributed by atoms with Gasteiger partial charge in [-0.1, -0.05) is 0 Å². The molecular formula is C14H17IN2O. The second-order valence-corrected chi connectivity index (χ2v) is 7.77. The first kappa shape index (κ1) is 11.4. The fourth-order valence-electron chi connectivity index (χ4n) is 5.05. The van der Waals surface area contributed by atoms with Crippen LogP contribution in [0, 0.1) is 21.3 Å². The Balaban J connectivity index is 1.79. The molecule has 0 unspecified atom stereocenters.